The molecule has 35 heavy (non-hydrogen) atoms. The quantitative estimate of drug-likeness (QED) is 0.256. The molecule has 0 bridgehead atoms. The predicted octanol–water partition coefficient (Wildman–Crippen LogP) is 4.33. The van der Waals surface area contributed by atoms with Gasteiger partial charge in [0.25, 0.3) is 11.8 Å². The fourth-order valence-electron chi connectivity index (χ4n) is 4.19. The minimum absolute atomic E-state index is 0.000736. The van der Waals surface area contributed by atoms with E-state index in [2.05, 4.69) is 5.32 Å². The lowest BCUT2D eigenvalue weighted by molar-refractivity contribution is -0.122. The van der Waals surface area contributed by atoms with Gasteiger partial charge < -0.3 is 9.30 Å². The van der Waals surface area contributed by atoms with Crippen LogP contribution in [0.4, 0.5) is 5.69 Å². The normalized spacial score (nSPS) is 14.9. The first kappa shape index (κ1) is 24.1. The highest BCUT2D eigenvalue weighted by Crippen LogP contribution is 2.28. The number of nitrogens with zero attached hydrogens (tertiary/aromatic N) is 2. The summed E-state index contributed by atoms with van der Waals surface area (Å²) in [5, 5.41) is 2.71. The minimum Gasteiger partial charge on any atom is -0.465 e. The zero-order valence-electron chi connectivity index (χ0n) is 20.1. The maximum Gasteiger partial charge on any atom is 0.337 e. The highest BCUT2D eigenvalue weighted by atomic mass is 32.1. The van der Waals surface area contributed by atoms with Gasteiger partial charge in [-0.15, -0.1) is 0 Å². The summed E-state index contributed by atoms with van der Waals surface area (Å²) in [5.74, 6) is -1.41. The Kier molecular flexibility index (Phi) is 6.41. The predicted molar refractivity (Wildman–Crippen MR) is 139 cm³/mol. The second-order valence-electron chi connectivity index (χ2n) is 8.45. The van der Waals surface area contributed by atoms with Crippen LogP contribution in [0.1, 0.15) is 38.4 Å². The molecule has 1 aliphatic heterocycles. The summed E-state index contributed by atoms with van der Waals surface area (Å²) in [5.41, 5.74) is 6.26. The van der Waals surface area contributed by atoms with Crippen molar-refractivity contribution >= 4 is 46.9 Å². The van der Waals surface area contributed by atoms with Crippen molar-refractivity contribution < 1.29 is 19.1 Å². The highest BCUT2D eigenvalue weighted by molar-refractivity contribution is 7.80. The van der Waals surface area contributed by atoms with Crippen LogP contribution in [0, 0.1) is 27.7 Å². The molecular formula is C27H25N3O4S. The molecule has 8 heteroatoms. The molecule has 1 N–H and O–H groups in total. The van der Waals surface area contributed by atoms with Gasteiger partial charge in [-0.25, -0.2) is 4.79 Å². The molecule has 2 aromatic carbocycles. The SMILES string of the molecule is COC(=O)c1ccc(-n2c(C)cc(/C=C3\C(=O)NC(=S)N(c4cc(C)ccc4C)C3=O)c2C)cc1. The Morgan fingerprint density at radius 2 is 1.69 bits per heavy atom. The number of hydrogen-bond acceptors (Lipinski definition) is 5. The van der Waals surface area contributed by atoms with Crippen molar-refractivity contribution in [2.45, 2.75) is 27.7 Å². The van der Waals surface area contributed by atoms with Gasteiger partial charge in [0.1, 0.15) is 5.57 Å². The number of hydrogen-bond donors (Lipinski definition) is 1. The summed E-state index contributed by atoms with van der Waals surface area (Å²) in [6, 6.07) is 14.7. The van der Waals surface area contributed by atoms with Gasteiger partial charge in [-0.2, -0.15) is 0 Å². The van der Waals surface area contributed by atoms with Gasteiger partial charge in [0, 0.05) is 17.1 Å². The molecule has 0 aliphatic carbocycles. The van der Waals surface area contributed by atoms with Crippen molar-refractivity contribution in [3.8, 4) is 5.69 Å². The third-order valence-corrected chi connectivity index (χ3v) is 6.31. The molecule has 0 atom stereocenters. The van der Waals surface area contributed by atoms with Gasteiger partial charge in [0.05, 0.1) is 18.4 Å². The van der Waals surface area contributed by atoms with Crippen LogP contribution in [0.25, 0.3) is 11.8 Å². The number of nitrogens with one attached hydrogen (secondary N) is 1. The van der Waals surface area contributed by atoms with Gasteiger partial charge in [-0.1, -0.05) is 12.1 Å². The molecule has 2 heterocycles. The molecule has 4 rings (SSSR count). The Morgan fingerprint density at radius 3 is 2.34 bits per heavy atom. The molecule has 0 unspecified atom stereocenters. The highest BCUT2D eigenvalue weighted by Gasteiger charge is 2.35. The molecule has 1 saturated heterocycles. The topological polar surface area (TPSA) is 80.6 Å². The zero-order chi connectivity index (χ0) is 25.4. The number of aryl methyl sites for hydroxylation is 3. The lowest BCUT2D eigenvalue weighted by Gasteiger charge is -2.30. The van der Waals surface area contributed by atoms with Gasteiger partial charge in [0.2, 0.25) is 0 Å². The van der Waals surface area contributed by atoms with Crippen molar-refractivity contribution in [2.75, 3.05) is 12.0 Å². The number of carbonyl (C=O) groups is 3. The number of carbonyl (C=O) groups excluding carboxylic acids is 3. The van der Waals surface area contributed by atoms with Crippen LogP contribution in [0.15, 0.2) is 54.1 Å². The Balaban J connectivity index is 1.74. The van der Waals surface area contributed by atoms with E-state index in [1.807, 2.05) is 68.7 Å². The molecule has 2 amide bonds. The third kappa shape index (κ3) is 4.40. The van der Waals surface area contributed by atoms with Crippen molar-refractivity contribution in [2.24, 2.45) is 0 Å². The van der Waals surface area contributed by atoms with E-state index in [4.69, 9.17) is 17.0 Å². The fourth-order valence-corrected chi connectivity index (χ4v) is 4.46. The van der Waals surface area contributed by atoms with Gasteiger partial charge in [-0.05, 0) is 99.1 Å². The van der Waals surface area contributed by atoms with E-state index in [0.717, 1.165) is 33.8 Å². The Morgan fingerprint density at radius 1 is 1.00 bits per heavy atom. The van der Waals surface area contributed by atoms with E-state index in [1.54, 1.807) is 18.2 Å². The second kappa shape index (κ2) is 9.31. The number of anilines is 1. The molecule has 0 spiro atoms. The summed E-state index contributed by atoms with van der Waals surface area (Å²) in [6.07, 6.45) is 1.60. The number of aromatic nitrogens is 1. The maximum absolute atomic E-state index is 13.5. The molecule has 0 radical (unpaired) electrons. The molecule has 1 fully saturated rings. The number of esters is 1. The Bertz CT molecular complexity index is 1420. The number of rotatable bonds is 4. The number of thiocarbonyl (C=S) groups is 1. The van der Waals surface area contributed by atoms with Crippen LogP contribution in [-0.2, 0) is 14.3 Å². The first-order valence-electron chi connectivity index (χ1n) is 11.0. The van der Waals surface area contributed by atoms with E-state index in [0.29, 0.717) is 11.3 Å². The number of methoxy groups -OCH3 is 1. The van der Waals surface area contributed by atoms with Gasteiger partial charge >= 0.3 is 5.97 Å². The molecule has 0 saturated carbocycles. The summed E-state index contributed by atoms with van der Waals surface area (Å²) < 4.78 is 6.76. The number of amides is 2. The van der Waals surface area contributed by atoms with E-state index >= 15 is 0 Å². The smallest absolute Gasteiger partial charge is 0.337 e. The lowest BCUT2D eigenvalue weighted by atomic mass is 10.0. The summed E-state index contributed by atoms with van der Waals surface area (Å²) in [4.78, 5) is 39.4. The van der Waals surface area contributed by atoms with Crippen LogP contribution in [0.2, 0.25) is 0 Å². The lowest BCUT2D eigenvalue weighted by Crippen LogP contribution is -2.54. The van der Waals surface area contributed by atoms with Gasteiger partial charge in [0.15, 0.2) is 5.11 Å². The van der Waals surface area contributed by atoms with Crippen LogP contribution in [0.3, 0.4) is 0 Å². The Hall–Kier alpha value is -4.04. The molecule has 1 aromatic heterocycles. The van der Waals surface area contributed by atoms with Crippen molar-refractivity contribution in [3.63, 3.8) is 0 Å². The van der Waals surface area contributed by atoms with Crippen molar-refractivity contribution in [1.82, 2.24) is 9.88 Å². The van der Waals surface area contributed by atoms with Crippen molar-refractivity contribution in [3.05, 3.63) is 87.7 Å². The molecule has 1 aliphatic rings. The summed E-state index contributed by atoms with van der Waals surface area (Å²) in [7, 11) is 1.34. The standard InChI is InChI=1S/C27H25N3O4S/c1-15-6-7-16(2)23(12-15)30-25(32)22(24(31)28-27(30)35)14-20-13-17(3)29(18(20)4)21-10-8-19(9-11-21)26(33)34-5/h6-14H,1-5H3,(H,28,31,35)/b22-14+. The fraction of sp³-hybridized carbons (Fsp3) is 0.185. The van der Waals surface area contributed by atoms with Crippen LogP contribution in [-0.4, -0.2) is 34.6 Å². The first-order chi connectivity index (χ1) is 16.6. The number of ether oxygens (including phenoxy) is 1. The van der Waals surface area contributed by atoms with E-state index < -0.39 is 17.8 Å². The van der Waals surface area contributed by atoms with Crippen LogP contribution < -0.4 is 10.2 Å². The average molecular weight is 488 g/mol. The van der Waals surface area contributed by atoms with Crippen LogP contribution >= 0.6 is 12.2 Å². The molecule has 3 aromatic rings. The number of benzene rings is 2. The van der Waals surface area contributed by atoms with Crippen LogP contribution in [0.5, 0.6) is 0 Å². The van der Waals surface area contributed by atoms with Crippen molar-refractivity contribution in [1.29, 1.82) is 0 Å². The molecule has 178 valence electrons. The van der Waals surface area contributed by atoms with Gasteiger partial charge in [-0.3, -0.25) is 19.8 Å². The minimum atomic E-state index is -0.534. The first-order valence-corrected chi connectivity index (χ1v) is 11.4. The summed E-state index contributed by atoms with van der Waals surface area (Å²) >= 11 is 5.34. The molecular weight excluding hydrogens is 462 g/mol. The average Bonchev–Trinajstić information content (AvgIpc) is 3.11. The summed E-state index contributed by atoms with van der Waals surface area (Å²) in [6.45, 7) is 7.67. The monoisotopic (exact) mass is 487 g/mol. The third-order valence-electron chi connectivity index (χ3n) is 6.02. The van der Waals surface area contributed by atoms with E-state index in [1.165, 1.54) is 12.0 Å². The second-order valence-corrected chi connectivity index (χ2v) is 8.83. The largest absolute Gasteiger partial charge is 0.465 e. The zero-order valence-corrected chi connectivity index (χ0v) is 20.9. The molecule has 7 nitrogen and oxygen atoms in total. The Labute approximate surface area is 209 Å². The van der Waals surface area contributed by atoms with E-state index in [9.17, 15) is 14.4 Å². The van der Waals surface area contributed by atoms with E-state index in [-0.39, 0.29) is 10.7 Å². The maximum atomic E-state index is 13.5.